The molecule has 1 aliphatic carbocycles. The van der Waals surface area contributed by atoms with Crippen LogP contribution in [0.15, 0.2) is 35.6 Å². The maximum atomic E-state index is 12.2. The largest absolute Gasteiger partial charge is 0.353 e. The molecule has 1 amide bonds. The number of thioether (sulfide) groups is 1. The van der Waals surface area contributed by atoms with Gasteiger partial charge in [0.2, 0.25) is 5.91 Å². The monoisotopic (exact) mass is 315 g/mol. The van der Waals surface area contributed by atoms with Crippen LogP contribution >= 0.6 is 11.8 Å². The molecule has 4 nitrogen and oxygen atoms in total. The van der Waals surface area contributed by atoms with E-state index in [0.717, 1.165) is 28.8 Å². The molecule has 1 saturated carbocycles. The lowest BCUT2D eigenvalue weighted by atomic mass is 10.1. The number of hydrogen-bond acceptors (Lipinski definition) is 4. The number of carbonyl (C=O) groups excluding carboxylic acids is 1. The van der Waals surface area contributed by atoms with Gasteiger partial charge in [-0.1, -0.05) is 55.6 Å². The topological polar surface area (TPSA) is 54.9 Å². The van der Waals surface area contributed by atoms with Gasteiger partial charge in [-0.05, 0) is 18.9 Å². The summed E-state index contributed by atoms with van der Waals surface area (Å²) in [5.41, 5.74) is 0.921. The van der Waals surface area contributed by atoms with Gasteiger partial charge in [0.05, 0.1) is 11.3 Å². The van der Waals surface area contributed by atoms with Gasteiger partial charge in [0.1, 0.15) is 11.4 Å². The molecule has 1 aromatic heterocycles. The van der Waals surface area contributed by atoms with Crippen molar-refractivity contribution in [2.75, 3.05) is 5.75 Å². The zero-order valence-corrected chi connectivity index (χ0v) is 13.4. The molecule has 1 fully saturated rings. The van der Waals surface area contributed by atoms with E-state index < -0.39 is 0 Å². The highest BCUT2D eigenvalue weighted by atomic mass is 32.2. The van der Waals surface area contributed by atoms with E-state index in [9.17, 15) is 4.79 Å². The molecular weight excluding hydrogens is 294 g/mol. The zero-order valence-electron chi connectivity index (χ0n) is 12.6. The first-order valence-corrected chi connectivity index (χ1v) is 8.93. The van der Waals surface area contributed by atoms with Crippen LogP contribution in [-0.2, 0) is 4.79 Å². The van der Waals surface area contributed by atoms with Crippen molar-refractivity contribution in [1.82, 2.24) is 15.3 Å². The van der Waals surface area contributed by atoms with E-state index >= 15 is 0 Å². The minimum Gasteiger partial charge on any atom is -0.353 e. The number of benzene rings is 1. The molecule has 1 heterocycles. The summed E-state index contributed by atoms with van der Waals surface area (Å²) in [4.78, 5) is 20.7. The van der Waals surface area contributed by atoms with Gasteiger partial charge in [0.15, 0.2) is 0 Å². The Balaban J connectivity index is 1.58. The molecule has 3 rings (SSSR count). The molecule has 1 N–H and O–H groups in total. The van der Waals surface area contributed by atoms with Crippen molar-refractivity contribution in [3.05, 3.63) is 30.6 Å². The fraction of sp³-hybridized carbons (Fsp3) is 0.471. The molecule has 22 heavy (non-hydrogen) atoms. The van der Waals surface area contributed by atoms with Gasteiger partial charge in [-0.25, -0.2) is 9.97 Å². The summed E-state index contributed by atoms with van der Waals surface area (Å²) < 4.78 is 0. The van der Waals surface area contributed by atoms with E-state index in [0.29, 0.717) is 11.8 Å². The van der Waals surface area contributed by atoms with Gasteiger partial charge < -0.3 is 5.32 Å². The molecule has 0 aliphatic heterocycles. The first-order chi connectivity index (χ1) is 10.8. The molecule has 1 aromatic carbocycles. The molecule has 0 saturated heterocycles. The average molecular weight is 315 g/mol. The van der Waals surface area contributed by atoms with Crippen LogP contribution in [0.5, 0.6) is 0 Å². The van der Waals surface area contributed by atoms with Gasteiger partial charge in [0.25, 0.3) is 0 Å². The quantitative estimate of drug-likeness (QED) is 0.532. The number of amides is 1. The Kier molecular flexibility index (Phi) is 5.27. The van der Waals surface area contributed by atoms with Crippen molar-refractivity contribution in [1.29, 1.82) is 0 Å². The van der Waals surface area contributed by atoms with Crippen molar-refractivity contribution in [2.24, 2.45) is 0 Å². The Morgan fingerprint density at radius 3 is 2.73 bits per heavy atom. The molecule has 0 unspecified atom stereocenters. The number of hydrogen-bond donors (Lipinski definition) is 1. The third-order valence-corrected chi connectivity index (χ3v) is 5.07. The Labute approximate surface area is 135 Å². The van der Waals surface area contributed by atoms with Crippen LogP contribution in [0.2, 0.25) is 0 Å². The Morgan fingerprint density at radius 1 is 1.14 bits per heavy atom. The number of nitrogens with zero attached hydrogens (tertiary/aromatic N) is 2. The SMILES string of the molecule is O=C(CSc1ncnc2ccccc12)NC1CCCCCC1. The fourth-order valence-corrected chi connectivity index (χ4v) is 3.72. The normalized spacial score (nSPS) is 16.4. The van der Waals surface area contributed by atoms with Gasteiger partial charge in [-0.15, -0.1) is 0 Å². The molecule has 0 bridgehead atoms. The van der Waals surface area contributed by atoms with Crippen molar-refractivity contribution >= 4 is 28.6 Å². The third kappa shape index (κ3) is 3.97. The highest BCUT2D eigenvalue weighted by molar-refractivity contribution is 8.00. The first kappa shape index (κ1) is 15.3. The lowest BCUT2D eigenvalue weighted by molar-refractivity contribution is -0.119. The highest BCUT2D eigenvalue weighted by Crippen LogP contribution is 2.24. The van der Waals surface area contributed by atoms with E-state index in [1.54, 1.807) is 6.33 Å². The van der Waals surface area contributed by atoms with Gasteiger partial charge in [0, 0.05) is 11.4 Å². The smallest absolute Gasteiger partial charge is 0.230 e. The van der Waals surface area contributed by atoms with Crippen molar-refractivity contribution in [3.63, 3.8) is 0 Å². The zero-order chi connectivity index (χ0) is 15.2. The second-order valence-corrected chi connectivity index (χ2v) is 6.70. The Bertz CT molecular complexity index is 633. The maximum absolute atomic E-state index is 12.2. The number of para-hydroxylation sites is 1. The minimum absolute atomic E-state index is 0.111. The molecular formula is C17H21N3OS. The lowest BCUT2D eigenvalue weighted by Crippen LogP contribution is -2.35. The molecule has 0 radical (unpaired) electrons. The summed E-state index contributed by atoms with van der Waals surface area (Å²) in [6.07, 6.45) is 8.86. The number of rotatable bonds is 4. The van der Waals surface area contributed by atoms with Crippen LogP contribution in [-0.4, -0.2) is 27.7 Å². The van der Waals surface area contributed by atoms with E-state index in [-0.39, 0.29) is 5.91 Å². The van der Waals surface area contributed by atoms with Crippen LogP contribution in [0.4, 0.5) is 0 Å². The van der Waals surface area contributed by atoms with E-state index in [1.807, 2.05) is 24.3 Å². The van der Waals surface area contributed by atoms with Crippen LogP contribution in [0.3, 0.4) is 0 Å². The van der Waals surface area contributed by atoms with Gasteiger partial charge >= 0.3 is 0 Å². The van der Waals surface area contributed by atoms with Crippen molar-refractivity contribution < 1.29 is 4.79 Å². The Hall–Kier alpha value is -1.62. The summed E-state index contributed by atoms with van der Waals surface area (Å²) >= 11 is 1.49. The van der Waals surface area contributed by atoms with Gasteiger partial charge in [-0.2, -0.15) is 0 Å². The van der Waals surface area contributed by atoms with E-state index in [1.165, 1.54) is 37.4 Å². The second-order valence-electron chi connectivity index (χ2n) is 5.74. The van der Waals surface area contributed by atoms with Crippen LogP contribution in [0.25, 0.3) is 10.9 Å². The molecule has 2 aromatic rings. The average Bonchev–Trinajstić information content (AvgIpc) is 2.81. The number of fused-ring (bicyclic) bond motifs is 1. The number of aromatic nitrogens is 2. The van der Waals surface area contributed by atoms with Gasteiger partial charge in [-0.3, -0.25) is 4.79 Å². The van der Waals surface area contributed by atoms with E-state index in [4.69, 9.17) is 0 Å². The summed E-state index contributed by atoms with van der Waals surface area (Å²) in [5, 5.41) is 5.06. The predicted octanol–water partition coefficient (Wildman–Crippen LogP) is 3.56. The highest BCUT2D eigenvalue weighted by Gasteiger charge is 2.15. The molecule has 5 heteroatoms. The Morgan fingerprint density at radius 2 is 1.91 bits per heavy atom. The lowest BCUT2D eigenvalue weighted by Gasteiger charge is -2.16. The standard InChI is InChI=1S/C17H21N3OS/c21-16(20-13-7-3-1-2-4-8-13)11-22-17-14-9-5-6-10-15(14)18-12-19-17/h5-6,9-10,12-13H,1-4,7-8,11H2,(H,20,21). The van der Waals surface area contributed by atoms with Crippen molar-refractivity contribution in [2.45, 2.75) is 49.6 Å². The second kappa shape index (κ2) is 7.58. The number of carbonyl (C=O) groups is 1. The summed E-state index contributed by atoms with van der Waals surface area (Å²) in [7, 11) is 0. The summed E-state index contributed by atoms with van der Waals surface area (Å²) in [6.45, 7) is 0. The summed E-state index contributed by atoms with van der Waals surface area (Å²) in [6, 6.07) is 8.26. The van der Waals surface area contributed by atoms with Crippen LogP contribution in [0, 0.1) is 0 Å². The maximum Gasteiger partial charge on any atom is 0.230 e. The minimum atomic E-state index is 0.111. The fourth-order valence-electron chi connectivity index (χ4n) is 2.92. The van der Waals surface area contributed by atoms with Crippen LogP contribution in [0.1, 0.15) is 38.5 Å². The first-order valence-electron chi connectivity index (χ1n) is 7.95. The number of nitrogens with one attached hydrogen (secondary N) is 1. The molecule has 1 aliphatic rings. The molecule has 0 spiro atoms. The van der Waals surface area contributed by atoms with E-state index in [2.05, 4.69) is 15.3 Å². The van der Waals surface area contributed by atoms with Crippen molar-refractivity contribution in [3.8, 4) is 0 Å². The predicted molar refractivity (Wildman–Crippen MR) is 89.9 cm³/mol. The van der Waals surface area contributed by atoms with Crippen LogP contribution < -0.4 is 5.32 Å². The molecule has 116 valence electrons. The summed E-state index contributed by atoms with van der Waals surface area (Å²) in [5.74, 6) is 0.525. The molecule has 0 atom stereocenters. The third-order valence-electron chi connectivity index (χ3n) is 4.07.